The molecule has 0 amide bonds. The number of fused-ring (bicyclic) bond motifs is 2. The van der Waals surface area contributed by atoms with Crippen LogP contribution in [-0.2, 0) is 6.54 Å². The minimum Gasteiger partial charge on any atom is -0.298 e. The van der Waals surface area contributed by atoms with Gasteiger partial charge in [0, 0.05) is 38.8 Å². The molecule has 3 aliphatic rings. The van der Waals surface area contributed by atoms with E-state index in [0.717, 1.165) is 24.4 Å². The van der Waals surface area contributed by atoms with Crippen molar-refractivity contribution >= 4 is 0 Å². The Balaban J connectivity index is 1.29. The molecule has 2 heteroatoms. The lowest BCUT2D eigenvalue weighted by atomic mass is 9.93. The van der Waals surface area contributed by atoms with Gasteiger partial charge in [-0.25, -0.2) is 0 Å². The Morgan fingerprint density at radius 3 is 2.33 bits per heavy atom. The van der Waals surface area contributed by atoms with E-state index >= 15 is 0 Å². The van der Waals surface area contributed by atoms with Gasteiger partial charge in [0.25, 0.3) is 0 Å². The number of benzene rings is 1. The third-order valence-electron chi connectivity index (χ3n) is 6.10. The molecule has 0 N–H and O–H groups in total. The molecule has 0 unspecified atom stereocenters. The summed E-state index contributed by atoms with van der Waals surface area (Å²) in [6.07, 6.45) is 6.07. The van der Waals surface area contributed by atoms with Crippen LogP contribution in [0.3, 0.4) is 0 Å². The monoisotopic (exact) mass is 284 g/mol. The van der Waals surface area contributed by atoms with Crippen LogP contribution in [0, 0.1) is 18.8 Å². The standard InChI is InChI=1S/C19H28N2/c1-15-2-4-16(5-3-15)14-20-8-10-21(11-9-20)19-13-17-6-7-18(19)12-17/h2-5,17-19H,6-14H2,1H3/t17-,18+,19-/m0/s1. The summed E-state index contributed by atoms with van der Waals surface area (Å²) >= 11 is 0. The largest absolute Gasteiger partial charge is 0.298 e. The van der Waals surface area contributed by atoms with Gasteiger partial charge < -0.3 is 0 Å². The molecule has 21 heavy (non-hydrogen) atoms. The summed E-state index contributed by atoms with van der Waals surface area (Å²) in [5.41, 5.74) is 2.83. The fourth-order valence-electron chi connectivity index (χ4n) is 4.86. The average molecular weight is 284 g/mol. The third kappa shape index (κ3) is 2.89. The van der Waals surface area contributed by atoms with Gasteiger partial charge in [0.1, 0.15) is 0 Å². The van der Waals surface area contributed by atoms with Crippen molar-refractivity contribution in [2.24, 2.45) is 11.8 Å². The van der Waals surface area contributed by atoms with Crippen molar-refractivity contribution in [3.63, 3.8) is 0 Å². The van der Waals surface area contributed by atoms with Crippen LogP contribution in [-0.4, -0.2) is 42.0 Å². The quantitative estimate of drug-likeness (QED) is 0.840. The van der Waals surface area contributed by atoms with Gasteiger partial charge in [-0.2, -0.15) is 0 Å². The fourth-order valence-corrected chi connectivity index (χ4v) is 4.86. The highest BCUT2D eigenvalue weighted by Crippen LogP contribution is 2.46. The Labute approximate surface area is 129 Å². The molecule has 1 aromatic rings. The van der Waals surface area contributed by atoms with Crippen molar-refractivity contribution < 1.29 is 0 Å². The molecular formula is C19H28N2. The first-order chi connectivity index (χ1) is 10.3. The summed E-state index contributed by atoms with van der Waals surface area (Å²) in [7, 11) is 0. The Kier molecular flexibility index (Phi) is 3.76. The average Bonchev–Trinajstić information content (AvgIpc) is 3.13. The molecule has 3 fully saturated rings. The van der Waals surface area contributed by atoms with E-state index in [1.807, 2.05) is 0 Å². The smallest absolute Gasteiger partial charge is 0.0234 e. The molecule has 3 atom stereocenters. The lowest BCUT2D eigenvalue weighted by molar-refractivity contribution is 0.0679. The molecule has 0 spiro atoms. The summed E-state index contributed by atoms with van der Waals surface area (Å²) in [6.45, 7) is 8.38. The molecule has 1 heterocycles. The molecule has 2 aliphatic carbocycles. The zero-order valence-electron chi connectivity index (χ0n) is 13.3. The number of rotatable bonds is 3. The normalized spacial score (nSPS) is 33.7. The van der Waals surface area contributed by atoms with E-state index in [1.54, 1.807) is 0 Å². The minimum atomic E-state index is 0.935. The lowest BCUT2D eigenvalue weighted by Crippen LogP contribution is -2.51. The van der Waals surface area contributed by atoms with Gasteiger partial charge in [0.2, 0.25) is 0 Å². The van der Waals surface area contributed by atoms with Crippen molar-refractivity contribution in [1.82, 2.24) is 9.80 Å². The number of hydrogen-bond acceptors (Lipinski definition) is 2. The number of nitrogens with zero attached hydrogens (tertiary/aromatic N) is 2. The molecule has 1 aliphatic heterocycles. The van der Waals surface area contributed by atoms with E-state index in [1.165, 1.54) is 63.0 Å². The van der Waals surface area contributed by atoms with Gasteiger partial charge in [-0.1, -0.05) is 36.2 Å². The van der Waals surface area contributed by atoms with Crippen molar-refractivity contribution in [3.8, 4) is 0 Å². The molecule has 1 aromatic carbocycles. The molecule has 2 bridgehead atoms. The predicted molar refractivity (Wildman–Crippen MR) is 87.3 cm³/mol. The van der Waals surface area contributed by atoms with Crippen LogP contribution in [0.1, 0.15) is 36.8 Å². The Bertz CT molecular complexity index is 473. The van der Waals surface area contributed by atoms with Gasteiger partial charge in [-0.3, -0.25) is 9.80 Å². The van der Waals surface area contributed by atoms with Crippen LogP contribution < -0.4 is 0 Å². The Hall–Kier alpha value is -0.860. The van der Waals surface area contributed by atoms with E-state index in [9.17, 15) is 0 Å². The number of aryl methyl sites for hydroxylation is 1. The van der Waals surface area contributed by atoms with Crippen LogP contribution in [0.4, 0.5) is 0 Å². The molecule has 114 valence electrons. The van der Waals surface area contributed by atoms with Gasteiger partial charge in [0.15, 0.2) is 0 Å². The summed E-state index contributed by atoms with van der Waals surface area (Å²) < 4.78 is 0. The first kappa shape index (κ1) is 13.8. The van der Waals surface area contributed by atoms with E-state index in [2.05, 4.69) is 41.0 Å². The highest BCUT2D eigenvalue weighted by atomic mass is 15.3. The van der Waals surface area contributed by atoms with Crippen LogP contribution in [0.2, 0.25) is 0 Å². The van der Waals surface area contributed by atoms with Crippen LogP contribution >= 0.6 is 0 Å². The molecule has 0 radical (unpaired) electrons. The second kappa shape index (κ2) is 5.73. The van der Waals surface area contributed by atoms with Gasteiger partial charge in [-0.05, 0) is 43.6 Å². The van der Waals surface area contributed by atoms with E-state index in [4.69, 9.17) is 0 Å². The maximum absolute atomic E-state index is 2.81. The molecule has 0 aromatic heterocycles. The topological polar surface area (TPSA) is 6.48 Å². The third-order valence-corrected chi connectivity index (χ3v) is 6.10. The second-order valence-corrected chi connectivity index (χ2v) is 7.54. The first-order valence-corrected chi connectivity index (χ1v) is 8.80. The summed E-state index contributed by atoms with van der Waals surface area (Å²) in [6, 6.07) is 9.99. The van der Waals surface area contributed by atoms with E-state index in [-0.39, 0.29) is 0 Å². The summed E-state index contributed by atoms with van der Waals surface area (Å²) in [4.78, 5) is 5.45. The highest BCUT2D eigenvalue weighted by molar-refractivity contribution is 5.21. The summed E-state index contributed by atoms with van der Waals surface area (Å²) in [5.74, 6) is 2.12. The number of hydrogen-bond donors (Lipinski definition) is 0. The first-order valence-electron chi connectivity index (χ1n) is 8.80. The minimum absolute atomic E-state index is 0.935. The Morgan fingerprint density at radius 2 is 1.71 bits per heavy atom. The molecule has 2 saturated carbocycles. The van der Waals surface area contributed by atoms with Gasteiger partial charge in [0.05, 0.1) is 0 Å². The maximum atomic E-state index is 2.81. The maximum Gasteiger partial charge on any atom is 0.0234 e. The van der Waals surface area contributed by atoms with Crippen molar-refractivity contribution in [2.75, 3.05) is 26.2 Å². The predicted octanol–water partition coefficient (Wildman–Crippen LogP) is 3.30. The van der Waals surface area contributed by atoms with Crippen molar-refractivity contribution in [1.29, 1.82) is 0 Å². The van der Waals surface area contributed by atoms with Crippen LogP contribution in [0.15, 0.2) is 24.3 Å². The molecule has 1 saturated heterocycles. The van der Waals surface area contributed by atoms with Crippen molar-refractivity contribution in [2.45, 2.75) is 45.2 Å². The lowest BCUT2D eigenvalue weighted by Gasteiger charge is -2.41. The second-order valence-electron chi connectivity index (χ2n) is 7.54. The van der Waals surface area contributed by atoms with Gasteiger partial charge >= 0.3 is 0 Å². The molecular weight excluding hydrogens is 256 g/mol. The molecule has 4 rings (SSSR count). The zero-order chi connectivity index (χ0) is 14.2. The fraction of sp³-hybridized carbons (Fsp3) is 0.684. The SMILES string of the molecule is Cc1ccc(CN2CCN([C@H]3C[C@H]4CC[C@@H]3C4)CC2)cc1. The van der Waals surface area contributed by atoms with Crippen molar-refractivity contribution in [3.05, 3.63) is 35.4 Å². The van der Waals surface area contributed by atoms with Crippen LogP contribution in [0.5, 0.6) is 0 Å². The zero-order valence-corrected chi connectivity index (χ0v) is 13.3. The van der Waals surface area contributed by atoms with E-state index < -0.39 is 0 Å². The van der Waals surface area contributed by atoms with E-state index in [0.29, 0.717) is 0 Å². The van der Waals surface area contributed by atoms with Crippen LogP contribution in [0.25, 0.3) is 0 Å². The summed E-state index contributed by atoms with van der Waals surface area (Å²) in [5, 5.41) is 0. The molecule has 2 nitrogen and oxygen atoms in total. The highest BCUT2D eigenvalue weighted by Gasteiger charge is 2.42. The Morgan fingerprint density at radius 1 is 0.952 bits per heavy atom. The van der Waals surface area contributed by atoms with Gasteiger partial charge in [-0.15, -0.1) is 0 Å². The number of piperazine rings is 1.